The Morgan fingerprint density at radius 1 is 1.75 bits per heavy atom. The molecule has 0 heterocycles. The summed E-state index contributed by atoms with van der Waals surface area (Å²) in [5.74, 6) is 0. The van der Waals surface area contributed by atoms with Gasteiger partial charge in [0.1, 0.15) is 0 Å². The molecule has 0 radical (unpaired) electrons. The zero-order valence-electron chi connectivity index (χ0n) is 7.44. The van der Waals surface area contributed by atoms with Crippen LogP contribution < -0.4 is 5.09 Å². The quantitative estimate of drug-likeness (QED) is 0.569. The zero-order valence-corrected chi connectivity index (χ0v) is 10.8. The molecule has 0 rings (SSSR count). The van der Waals surface area contributed by atoms with Crippen molar-refractivity contribution in [1.29, 1.82) is 0 Å². The Morgan fingerprint density at radius 3 is 2.67 bits per heavy atom. The van der Waals surface area contributed by atoms with E-state index in [9.17, 15) is 4.57 Å². The highest BCUT2D eigenvalue weighted by molar-refractivity contribution is 8.90. The van der Waals surface area contributed by atoms with E-state index in [1.54, 1.807) is 0 Å². The maximum Gasteiger partial charge on any atom is 0.278 e. The second kappa shape index (κ2) is 6.30. The largest absolute Gasteiger partial charge is 0.317 e. The molecule has 0 amide bonds. The molecule has 2 atom stereocenters. The van der Waals surface area contributed by atoms with Crippen LogP contribution in [0.25, 0.3) is 0 Å². The van der Waals surface area contributed by atoms with Crippen molar-refractivity contribution in [3.05, 3.63) is 0 Å². The van der Waals surface area contributed by atoms with Gasteiger partial charge in [-0.3, -0.25) is 4.57 Å². The average Bonchev–Trinajstić information content (AvgIpc) is 2.05. The molecule has 0 aromatic heterocycles. The van der Waals surface area contributed by atoms with Crippen molar-refractivity contribution in [3.63, 3.8) is 0 Å². The first kappa shape index (κ1) is 12.8. The molecule has 0 saturated carbocycles. The Balaban J connectivity index is 4.13. The second-order valence-electron chi connectivity index (χ2n) is 2.25. The van der Waals surface area contributed by atoms with Crippen molar-refractivity contribution in [2.75, 3.05) is 6.26 Å². The first-order valence-electron chi connectivity index (χ1n) is 3.63. The van der Waals surface area contributed by atoms with Gasteiger partial charge in [0, 0.05) is 5.25 Å². The van der Waals surface area contributed by atoms with Crippen molar-refractivity contribution in [3.8, 4) is 0 Å². The SMILES string of the molecule is CCC(C)SP(=O)(NC=S)SC. The summed E-state index contributed by atoms with van der Waals surface area (Å²) >= 11 is 7.45. The monoisotopic (exact) mass is 243 g/mol. The summed E-state index contributed by atoms with van der Waals surface area (Å²) in [6.45, 7) is 4.15. The molecule has 0 bridgehead atoms. The predicted molar refractivity (Wildman–Crippen MR) is 65.3 cm³/mol. The highest BCUT2D eigenvalue weighted by atomic mass is 33.1. The number of hydrogen-bond acceptors (Lipinski definition) is 4. The van der Waals surface area contributed by atoms with Gasteiger partial charge in [-0.2, -0.15) is 0 Å². The third kappa shape index (κ3) is 4.75. The van der Waals surface area contributed by atoms with Gasteiger partial charge in [0.2, 0.25) is 0 Å². The Labute approximate surface area is 87.6 Å². The maximum atomic E-state index is 11.9. The van der Waals surface area contributed by atoms with Gasteiger partial charge in [-0.1, -0.05) is 48.8 Å². The van der Waals surface area contributed by atoms with Gasteiger partial charge in [0.25, 0.3) is 5.70 Å². The minimum atomic E-state index is -2.35. The Morgan fingerprint density at radius 2 is 2.33 bits per heavy atom. The summed E-state index contributed by atoms with van der Waals surface area (Å²) in [6, 6.07) is 0. The first-order valence-corrected chi connectivity index (χ1v) is 9.13. The normalized spacial score (nSPS) is 17.9. The number of rotatable bonds is 6. The van der Waals surface area contributed by atoms with Crippen molar-refractivity contribution < 1.29 is 4.57 Å². The fraction of sp³-hybridized carbons (Fsp3) is 0.833. The van der Waals surface area contributed by atoms with E-state index < -0.39 is 5.70 Å². The van der Waals surface area contributed by atoms with Gasteiger partial charge < -0.3 is 5.09 Å². The van der Waals surface area contributed by atoms with Crippen LogP contribution in [0.3, 0.4) is 0 Å². The van der Waals surface area contributed by atoms with Crippen molar-refractivity contribution in [1.82, 2.24) is 5.09 Å². The molecular weight excluding hydrogens is 229 g/mol. The third-order valence-corrected chi connectivity index (χ3v) is 9.64. The summed E-state index contributed by atoms with van der Waals surface area (Å²) in [7, 11) is 0. The minimum Gasteiger partial charge on any atom is -0.317 e. The topological polar surface area (TPSA) is 29.1 Å². The fourth-order valence-corrected chi connectivity index (χ4v) is 7.39. The molecule has 0 saturated heterocycles. The molecule has 0 fully saturated rings. The highest BCUT2D eigenvalue weighted by Crippen LogP contribution is 2.65. The Kier molecular flexibility index (Phi) is 6.73. The summed E-state index contributed by atoms with van der Waals surface area (Å²) in [5, 5.41) is 3.15. The molecule has 1 N–H and O–H groups in total. The average molecular weight is 243 g/mol. The van der Waals surface area contributed by atoms with Gasteiger partial charge in [-0.15, -0.1) is 0 Å². The second-order valence-corrected chi connectivity index (χ2v) is 10.6. The van der Waals surface area contributed by atoms with Crippen LogP contribution in [0, 0.1) is 0 Å². The van der Waals surface area contributed by atoms with Gasteiger partial charge in [0.05, 0.1) is 5.49 Å². The molecule has 2 unspecified atom stereocenters. The van der Waals surface area contributed by atoms with E-state index in [1.165, 1.54) is 28.3 Å². The number of nitrogens with one attached hydrogen (secondary N) is 1. The molecule has 0 aliphatic rings. The van der Waals surface area contributed by atoms with Gasteiger partial charge in [-0.05, 0) is 12.7 Å². The smallest absolute Gasteiger partial charge is 0.278 e. The lowest BCUT2D eigenvalue weighted by atomic mass is 10.4. The molecule has 12 heavy (non-hydrogen) atoms. The zero-order chi connectivity index (χ0) is 9.61. The van der Waals surface area contributed by atoms with E-state index >= 15 is 0 Å². The van der Waals surface area contributed by atoms with Crippen molar-refractivity contribution in [2.24, 2.45) is 0 Å². The molecule has 6 heteroatoms. The highest BCUT2D eigenvalue weighted by Gasteiger charge is 2.22. The lowest BCUT2D eigenvalue weighted by molar-refractivity contribution is 0.592. The lowest BCUT2D eigenvalue weighted by Crippen LogP contribution is -2.03. The van der Waals surface area contributed by atoms with E-state index in [1.807, 2.05) is 6.26 Å². The molecular formula is C6H14NOPS3. The summed E-state index contributed by atoms with van der Waals surface area (Å²) in [5.41, 5.74) is -1.01. The lowest BCUT2D eigenvalue weighted by Gasteiger charge is -2.17. The Bertz CT molecular complexity index is 188. The molecule has 2 nitrogen and oxygen atoms in total. The van der Waals surface area contributed by atoms with Crippen LogP contribution in [0.15, 0.2) is 0 Å². The number of hydrogen-bond donors (Lipinski definition) is 1. The van der Waals surface area contributed by atoms with Gasteiger partial charge >= 0.3 is 0 Å². The summed E-state index contributed by atoms with van der Waals surface area (Å²) in [6.07, 6.45) is 2.86. The van der Waals surface area contributed by atoms with E-state index in [0.29, 0.717) is 5.25 Å². The Hall–Kier alpha value is 0.820. The van der Waals surface area contributed by atoms with Gasteiger partial charge in [0.15, 0.2) is 0 Å². The fourth-order valence-electron chi connectivity index (χ4n) is 0.502. The minimum absolute atomic E-state index is 0.408. The van der Waals surface area contributed by atoms with Crippen LogP contribution in [0.5, 0.6) is 0 Å². The molecule has 0 aliphatic heterocycles. The van der Waals surface area contributed by atoms with Crippen LogP contribution in [-0.2, 0) is 4.57 Å². The first-order chi connectivity index (χ1) is 5.58. The standard InChI is InChI=1S/C6H14NOPS3/c1-4-6(2)12-9(8,11-3)7-5-10/h5-6H,4H2,1-3H3,(H,7,8,10). The number of thiocarbonyl (C=S) groups is 1. The van der Waals surface area contributed by atoms with Gasteiger partial charge in [-0.25, -0.2) is 0 Å². The molecule has 72 valence electrons. The van der Waals surface area contributed by atoms with Crippen LogP contribution in [0.2, 0.25) is 0 Å². The van der Waals surface area contributed by atoms with Crippen LogP contribution >= 0.6 is 40.7 Å². The van der Waals surface area contributed by atoms with E-state index in [0.717, 1.165) is 6.42 Å². The van der Waals surface area contributed by atoms with Crippen LogP contribution in [-0.4, -0.2) is 17.0 Å². The molecule has 0 aliphatic carbocycles. The molecule has 0 aromatic carbocycles. The third-order valence-electron chi connectivity index (χ3n) is 1.34. The van der Waals surface area contributed by atoms with Crippen LogP contribution in [0.4, 0.5) is 0 Å². The summed E-state index contributed by atoms with van der Waals surface area (Å²) in [4.78, 5) is 0. The summed E-state index contributed by atoms with van der Waals surface area (Å²) < 4.78 is 11.9. The van der Waals surface area contributed by atoms with Crippen LogP contribution in [0.1, 0.15) is 20.3 Å². The van der Waals surface area contributed by atoms with E-state index in [4.69, 9.17) is 0 Å². The van der Waals surface area contributed by atoms with Crippen molar-refractivity contribution in [2.45, 2.75) is 25.5 Å². The predicted octanol–water partition coefficient (Wildman–Crippen LogP) is 3.54. The van der Waals surface area contributed by atoms with E-state index in [-0.39, 0.29) is 0 Å². The maximum absolute atomic E-state index is 11.9. The van der Waals surface area contributed by atoms with Crippen molar-refractivity contribution >= 4 is 46.2 Å². The molecule has 0 aromatic rings. The molecule has 0 spiro atoms. The van der Waals surface area contributed by atoms with E-state index in [2.05, 4.69) is 31.2 Å².